The van der Waals surface area contributed by atoms with Crippen LogP contribution in [-0.4, -0.2) is 24.4 Å². The highest BCUT2D eigenvalue weighted by Crippen LogP contribution is 2.31. The average molecular weight is 311 g/mol. The summed E-state index contributed by atoms with van der Waals surface area (Å²) in [7, 11) is 3.20. The van der Waals surface area contributed by atoms with Crippen LogP contribution in [0.4, 0.5) is 5.69 Å². The Hall–Kier alpha value is -3.02. The highest BCUT2D eigenvalue weighted by atomic mass is 16.5. The van der Waals surface area contributed by atoms with Crippen molar-refractivity contribution in [2.45, 2.75) is 6.42 Å². The van der Waals surface area contributed by atoms with Crippen LogP contribution in [0.25, 0.3) is 11.4 Å². The molecule has 0 saturated heterocycles. The van der Waals surface area contributed by atoms with Gasteiger partial charge in [-0.15, -0.1) is 0 Å². The standard InChI is InChI=1S/C17H17N3O3/c1-21-13-7-8-15(22-2)14(10-13)17-19-16(23-20-17)9-11-3-5-12(18)6-4-11/h3-8,10H,9,18H2,1-2H3. The first-order chi connectivity index (χ1) is 11.2. The predicted molar refractivity (Wildman–Crippen MR) is 86.5 cm³/mol. The topological polar surface area (TPSA) is 83.4 Å². The Morgan fingerprint density at radius 1 is 1.04 bits per heavy atom. The number of anilines is 1. The van der Waals surface area contributed by atoms with Crippen LogP contribution in [0.5, 0.6) is 11.5 Å². The fourth-order valence-corrected chi connectivity index (χ4v) is 2.23. The van der Waals surface area contributed by atoms with E-state index in [0.717, 1.165) is 16.8 Å². The number of hydrogen-bond acceptors (Lipinski definition) is 6. The molecule has 1 heterocycles. The molecule has 0 amide bonds. The minimum Gasteiger partial charge on any atom is -0.497 e. The fraction of sp³-hybridized carbons (Fsp3) is 0.176. The second-order valence-electron chi connectivity index (χ2n) is 5.00. The number of nitrogens with two attached hydrogens (primary N) is 1. The summed E-state index contributed by atoms with van der Waals surface area (Å²) in [5.41, 5.74) is 8.18. The van der Waals surface area contributed by atoms with Crippen molar-refractivity contribution in [1.82, 2.24) is 10.1 Å². The number of benzene rings is 2. The number of nitrogen functional groups attached to an aromatic ring is 1. The Balaban J connectivity index is 1.88. The van der Waals surface area contributed by atoms with Gasteiger partial charge >= 0.3 is 0 Å². The molecule has 3 aromatic rings. The lowest BCUT2D eigenvalue weighted by Crippen LogP contribution is -1.92. The van der Waals surface area contributed by atoms with E-state index in [2.05, 4.69) is 10.1 Å². The van der Waals surface area contributed by atoms with Crippen LogP contribution < -0.4 is 15.2 Å². The highest BCUT2D eigenvalue weighted by molar-refractivity contribution is 5.66. The van der Waals surface area contributed by atoms with Gasteiger partial charge in [-0.2, -0.15) is 4.98 Å². The zero-order valence-corrected chi connectivity index (χ0v) is 12.9. The molecule has 0 saturated carbocycles. The highest BCUT2D eigenvalue weighted by Gasteiger charge is 2.15. The third-order valence-electron chi connectivity index (χ3n) is 3.45. The maximum Gasteiger partial charge on any atom is 0.231 e. The van der Waals surface area contributed by atoms with Crippen molar-refractivity contribution in [3.8, 4) is 22.9 Å². The summed E-state index contributed by atoms with van der Waals surface area (Å²) < 4.78 is 15.9. The molecule has 23 heavy (non-hydrogen) atoms. The van der Waals surface area contributed by atoms with E-state index in [-0.39, 0.29) is 0 Å². The van der Waals surface area contributed by atoms with Gasteiger partial charge in [0, 0.05) is 5.69 Å². The van der Waals surface area contributed by atoms with E-state index in [9.17, 15) is 0 Å². The van der Waals surface area contributed by atoms with E-state index in [1.807, 2.05) is 42.5 Å². The molecule has 2 N–H and O–H groups in total. The maximum atomic E-state index is 5.68. The average Bonchev–Trinajstić information content (AvgIpc) is 3.04. The summed E-state index contributed by atoms with van der Waals surface area (Å²) >= 11 is 0. The van der Waals surface area contributed by atoms with E-state index >= 15 is 0 Å². The molecule has 0 atom stereocenters. The summed E-state index contributed by atoms with van der Waals surface area (Å²) in [6, 6.07) is 13.0. The van der Waals surface area contributed by atoms with Crippen LogP contribution >= 0.6 is 0 Å². The molecular weight excluding hydrogens is 294 g/mol. The van der Waals surface area contributed by atoms with E-state index in [1.165, 1.54) is 0 Å². The Morgan fingerprint density at radius 2 is 1.83 bits per heavy atom. The molecule has 0 bridgehead atoms. The van der Waals surface area contributed by atoms with Gasteiger partial charge in [0.05, 0.1) is 26.2 Å². The van der Waals surface area contributed by atoms with Crippen molar-refractivity contribution in [1.29, 1.82) is 0 Å². The van der Waals surface area contributed by atoms with E-state index in [0.29, 0.717) is 29.6 Å². The number of ether oxygens (including phenoxy) is 2. The largest absolute Gasteiger partial charge is 0.497 e. The summed E-state index contributed by atoms with van der Waals surface area (Å²) in [5.74, 6) is 2.34. The smallest absolute Gasteiger partial charge is 0.231 e. The summed E-state index contributed by atoms with van der Waals surface area (Å²) in [5, 5.41) is 4.04. The Labute approximate surface area is 133 Å². The van der Waals surface area contributed by atoms with Crippen LogP contribution in [0.3, 0.4) is 0 Å². The van der Waals surface area contributed by atoms with Crippen molar-refractivity contribution in [3.63, 3.8) is 0 Å². The van der Waals surface area contributed by atoms with Gasteiger partial charge in [-0.25, -0.2) is 0 Å². The summed E-state index contributed by atoms with van der Waals surface area (Å²) in [6.07, 6.45) is 0.541. The molecule has 3 rings (SSSR count). The van der Waals surface area contributed by atoms with Crippen LogP contribution in [0.15, 0.2) is 47.0 Å². The molecule has 118 valence electrons. The zero-order chi connectivity index (χ0) is 16.2. The third kappa shape index (κ3) is 3.26. The zero-order valence-electron chi connectivity index (χ0n) is 12.9. The number of nitrogens with zero attached hydrogens (tertiary/aromatic N) is 2. The molecule has 0 spiro atoms. The molecule has 0 aliphatic rings. The second-order valence-corrected chi connectivity index (χ2v) is 5.00. The fourth-order valence-electron chi connectivity index (χ4n) is 2.23. The van der Waals surface area contributed by atoms with Gasteiger partial charge in [-0.1, -0.05) is 17.3 Å². The normalized spacial score (nSPS) is 10.5. The lowest BCUT2D eigenvalue weighted by molar-refractivity contribution is 0.384. The monoisotopic (exact) mass is 311 g/mol. The SMILES string of the molecule is COc1ccc(OC)c(-c2noc(Cc3ccc(N)cc3)n2)c1. The number of hydrogen-bond donors (Lipinski definition) is 1. The van der Waals surface area contributed by atoms with Gasteiger partial charge < -0.3 is 19.7 Å². The van der Waals surface area contributed by atoms with Crippen molar-refractivity contribution in [2.24, 2.45) is 0 Å². The maximum absolute atomic E-state index is 5.68. The molecule has 0 aliphatic heterocycles. The third-order valence-corrected chi connectivity index (χ3v) is 3.45. The minimum atomic E-state index is 0.464. The van der Waals surface area contributed by atoms with Gasteiger partial charge in [0.15, 0.2) is 0 Å². The predicted octanol–water partition coefficient (Wildman–Crippen LogP) is 2.93. The molecule has 0 unspecified atom stereocenters. The minimum absolute atomic E-state index is 0.464. The van der Waals surface area contributed by atoms with Crippen molar-refractivity contribution < 1.29 is 14.0 Å². The Morgan fingerprint density at radius 3 is 2.52 bits per heavy atom. The Bertz CT molecular complexity index is 797. The lowest BCUT2D eigenvalue weighted by atomic mass is 10.1. The molecule has 0 aliphatic carbocycles. The molecule has 0 fully saturated rings. The van der Waals surface area contributed by atoms with Gasteiger partial charge in [-0.05, 0) is 35.9 Å². The quantitative estimate of drug-likeness (QED) is 0.729. The second kappa shape index (κ2) is 6.39. The van der Waals surface area contributed by atoms with E-state index < -0.39 is 0 Å². The summed E-state index contributed by atoms with van der Waals surface area (Å²) in [6.45, 7) is 0. The van der Waals surface area contributed by atoms with Crippen molar-refractivity contribution in [2.75, 3.05) is 20.0 Å². The van der Waals surface area contributed by atoms with Crippen molar-refractivity contribution >= 4 is 5.69 Å². The number of rotatable bonds is 5. The van der Waals surface area contributed by atoms with Crippen molar-refractivity contribution in [3.05, 3.63) is 53.9 Å². The first-order valence-electron chi connectivity index (χ1n) is 7.09. The molecule has 6 heteroatoms. The molecule has 0 radical (unpaired) electrons. The lowest BCUT2D eigenvalue weighted by Gasteiger charge is -2.07. The van der Waals surface area contributed by atoms with Crippen LogP contribution in [-0.2, 0) is 6.42 Å². The first kappa shape index (κ1) is 14.9. The Kier molecular flexibility index (Phi) is 4.14. The van der Waals surface area contributed by atoms with Gasteiger partial charge in [-0.3, -0.25) is 0 Å². The number of methoxy groups -OCH3 is 2. The molecule has 1 aromatic heterocycles. The van der Waals surface area contributed by atoms with Gasteiger partial charge in [0.1, 0.15) is 11.5 Å². The van der Waals surface area contributed by atoms with Crippen LogP contribution in [0.1, 0.15) is 11.5 Å². The van der Waals surface area contributed by atoms with Crippen LogP contribution in [0, 0.1) is 0 Å². The van der Waals surface area contributed by atoms with Crippen LogP contribution in [0.2, 0.25) is 0 Å². The molecular formula is C17H17N3O3. The molecule has 2 aromatic carbocycles. The van der Waals surface area contributed by atoms with E-state index in [4.69, 9.17) is 19.7 Å². The molecule has 6 nitrogen and oxygen atoms in total. The number of aromatic nitrogens is 2. The first-order valence-corrected chi connectivity index (χ1v) is 7.09. The summed E-state index contributed by atoms with van der Waals surface area (Å²) in [4.78, 5) is 4.44. The van der Waals surface area contributed by atoms with E-state index in [1.54, 1.807) is 14.2 Å². The van der Waals surface area contributed by atoms with Gasteiger partial charge in [0.25, 0.3) is 0 Å². The van der Waals surface area contributed by atoms with Gasteiger partial charge in [0.2, 0.25) is 11.7 Å².